The van der Waals surface area contributed by atoms with Crippen molar-refractivity contribution >= 4 is 34.7 Å². The Morgan fingerprint density at radius 1 is 1.35 bits per heavy atom. The third-order valence-electron chi connectivity index (χ3n) is 3.90. The molecule has 1 N–H and O–H groups in total. The maximum absolute atomic E-state index is 12.2. The second-order valence-corrected chi connectivity index (χ2v) is 6.84. The number of aryl methyl sites for hydroxylation is 2. The van der Waals surface area contributed by atoms with Gasteiger partial charge in [-0.25, -0.2) is 15.0 Å². The molecule has 1 aliphatic rings. The van der Waals surface area contributed by atoms with Crippen LogP contribution in [0.5, 0.6) is 0 Å². The number of nitrogens with zero attached hydrogens (tertiary/aromatic N) is 4. The molecular formula is C15H18ClN5OS. The van der Waals surface area contributed by atoms with Crippen LogP contribution in [0.1, 0.15) is 34.0 Å². The SMILES string of the molecule is Cc1nc(Cl)cc(N2CCC(NC(=O)c3scnc3C)CC2)n1. The Hall–Kier alpha value is -1.73. The number of rotatable bonds is 3. The minimum atomic E-state index is -0.0237. The molecule has 3 rings (SSSR count). The first kappa shape index (κ1) is 16.1. The third-order valence-corrected chi connectivity index (χ3v) is 5.02. The number of aromatic nitrogens is 3. The van der Waals surface area contributed by atoms with Crippen LogP contribution in [-0.2, 0) is 0 Å². The van der Waals surface area contributed by atoms with E-state index in [1.165, 1.54) is 11.3 Å². The van der Waals surface area contributed by atoms with Gasteiger partial charge in [-0.05, 0) is 26.7 Å². The molecule has 8 heteroatoms. The predicted octanol–water partition coefficient (Wildman–Crippen LogP) is 2.60. The molecule has 0 bridgehead atoms. The number of halogens is 1. The Balaban J connectivity index is 1.58. The molecule has 1 amide bonds. The van der Waals surface area contributed by atoms with Crippen LogP contribution in [0.4, 0.5) is 5.82 Å². The summed E-state index contributed by atoms with van der Waals surface area (Å²) in [6.07, 6.45) is 1.76. The zero-order chi connectivity index (χ0) is 16.4. The van der Waals surface area contributed by atoms with Gasteiger partial charge in [-0.1, -0.05) is 11.6 Å². The molecule has 1 saturated heterocycles. The van der Waals surface area contributed by atoms with Crippen LogP contribution in [0.15, 0.2) is 11.6 Å². The number of carbonyl (C=O) groups excluding carboxylic acids is 1. The second kappa shape index (κ2) is 6.80. The number of nitrogens with one attached hydrogen (secondary N) is 1. The number of piperidine rings is 1. The normalized spacial score (nSPS) is 15.7. The van der Waals surface area contributed by atoms with Crippen molar-refractivity contribution in [1.82, 2.24) is 20.3 Å². The quantitative estimate of drug-likeness (QED) is 0.861. The maximum atomic E-state index is 12.2. The van der Waals surface area contributed by atoms with E-state index in [0.717, 1.165) is 37.4 Å². The van der Waals surface area contributed by atoms with Crippen molar-refractivity contribution in [2.45, 2.75) is 32.7 Å². The predicted molar refractivity (Wildman–Crippen MR) is 91.3 cm³/mol. The van der Waals surface area contributed by atoms with Gasteiger partial charge in [-0.3, -0.25) is 4.79 Å². The summed E-state index contributed by atoms with van der Waals surface area (Å²) in [6.45, 7) is 5.35. The highest BCUT2D eigenvalue weighted by Gasteiger charge is 2.23. The van der Waals surface area contributed by atoms with Gasteiger partial charge < -0.3 is 10.2 Å². The molecule has 0 radical (unpaired) electrons. The van der Waals surface area contributed by atoms with Crippen molar-refractivity contribution < 1.29 is 4.79 Å². The molecule has 1 aliphatic heterocycles. The number of hydrogen-bond donors (Lipinski definition) is 1. The lowest BCUT2D eigenvalue weighted by Crippen LogP contribution is -2.45. The molecule has 122 valence electrons. The average molecular weight is 352 g/mol. The lowest BCUT2D eigenvalue weighted by molar-refractivity contribution is 0.0934. The van der Waals surface area contributed by atoms with E-state index in [-0.39, 0.29) is 11.9 Å². The summed E-state index contributed by atoms with van der Waals surface area (Å²) in [7, 11) is 0. The lowest BCUT2D eigenvalue weighted by atomic mass is 10.0. The summed E-state index contributed by atoms with van der Waals surface area (Å²) in [4.78, 5) is 27.8. The molecule has 1 fully saturated rings. The molecule has 2 aromatic rings. The van der Waals surface area contributed by atoms with Crippen LogP contribution in [-0.4, -0.2) is 40.0 Å². The molecule has 0 aliphatic carbocycles. The van der Waals surface area contributed by atoms with Crippen LogP contribution in [0.25, 0.3) is 0 Å². The summed E-state index contributed by atoms with van der Waals surface area (Å²) in [5.74, 6) is 1.50. The number of carbonyl (C=O) groups is 1. The number of anilines is 1. The van der Waals surface area contributed by atoms with Gasteiger partial charge in [0, 0.05) is 25.2 Å². The van der Waals surface area contributed by atoms with E-state index in [2.05, 4.69) is 25.2 Å². The summed E-state index contributed by atoms with van der Waals surface area (Å²) >= 11 is 7.38. The summed E-state index contributed by atoms with van der Waals surface area (Å²) in [6, 6.07) is 1.97. The van der Waals surface area contributed by atoms with Crippen molar-refractivity contribution in [2.24, 2.45) is 0 Å². The van der Waals surface area contributed by atoms with Gasteiger partial charge in [0.2, 0.25) is 0 Å². The Bertz CT molecular complexity index is 691. The van der Waals surface area contributed by atoms with Crippen LogP contribution >= 0.6 is 22.9 Å². The summed E-state index contributed by atoms with van der Waals surface area (Å²) in [5, 5.41) is 3.56. The molecule has 2 aromatic heterocycles. The number of amides is 1. The van der Waals surface area contributed by atoms with E-state index in [0.29, 0.717) is 15.9 Å². The molecule has 3 heterocycles. The van der Waals surface area contributed by atoms with Crippen LogP contribution in [0.3, 0.4) is 0 Å². The first-order valence-electron chi connectivity index (χ1n) is 7.50. The van der Waals surface area contributed by atoms with Crippen molar-refractivity contribution in [3.8, 4) is 0 Å². The second-order valence-electron chi connectivity index (χ2n) is 5.60. The van der Waals surface area contributed by atoms with E-state index in [9.17, 15) is 4.79 Å². The van der Waals surface area contributed by atoms with Gasteiger partial charge in [0.1, 0.15) is 21.7 Å². The van der Waals surface area contributed by atoms with E-state index >= 15 is 0 Å². The standard InChI is InChI=1S/C15H18ClN5OS/c1-9-14(23-8-17-9)15(22)20-11-3-5-21(6-4-11)13-7-12(16)18-10(2)19-13/h7-8,11H,3-6H2,1-2H3,(H,20,22). The molecule has 0 unspecified atom stereocenters. The smallest absolute Gasteiger partial charge is 0.263 e. The van der Waals surface area contributed by atoms with Gasteiger partial charge >= 0.3 is 0 Å². The molecule has 23 heavy (non-hydrogen) atoms. The largest absolute Gasteiger partial charge is 0.356 e. The van der Waals surface area contributed by atoms with Crippen LogP contribution in [0, 0.1) is 13.8 Å². The zero-order valence-electron chi connectivity index (χ0n) is 13.0. The Morgan fingerprint density at radius 2 is 2.09 bits per heavy atom. The van der Waals surface area contributed by atoms with Crippen molar-refractivity contribution in [3.63, 3.8) is 0 Å². The van der Waals surface area contributed by atoms with Gasteiger partial charge in [-0.2, -0.15) is 0 Å². The Morgan fingerprint density at radius 3 is 2.70 bits per heavy atom. The fraction of sp³-hybridized carbons (Fsp3) is 0.467. The maximum Gasteiger partial charge on any atom is 0.263 e. The minimum absolute atomic E-state index is 0.0237. The van der Waals surface area contributed by atoms with Gasteiger partial charge in [-0.15, -0.1) is 11.3 Å². The molecule has 0 saturated carbocycles. The first-order chi connectivity index (χ1) is 11.0. The van der Waals surface area contributed by atoms with E-state index in [1.807, 2.05) is 13.8 Å². The van der Waals surface area contributed by atoms with Gasteiger partial charge in [0.15, 0.2) is 0 Å². The molecular weight excluding hydrogens is 334 g/mol. The fourth-order valence-electron chi connectivity index (χ4n) is 2.70. The van der Waals surface area contributed by atoms with E-state index in [4.69, 9.17) is 11.6 Å². The highest BCUT2D eigenvalue weighted by atomic mass is 35.5. The topological polar surface area (TPSA) is 71.0 Å². The zero-order valence-corrected chi connectivity index (χ0v) is 14.6. The van der Waals surface area contributed by atoms with Gasteiger partial charge in [0.25, 0.3) is 5.91 Å². The summed E-state index contributed by atoms with van der Waals surface area (Å²) in [5.41, 5.74) is 2.49. The average Bonchev–Trinajstić information content (AvgIpc) is 2.93. The fourth-order valence-corrected chi connectivity index (χ4v) is 3.63. The lowest BCUT2D eigenvalue weighted by Gasteiger charge is -2.33. The molecule has 0 spiro atoms. The van der Waals surface area contributed by atoms with E-state index < -0.39 is 0 Å². The van der Waals surface area contributed by atoms with Crippen molar-refractivity contribution in [2.75, 3.05) is 18.0 Å². The van der Waals surface area contributed by atoms with Crippen molar-refractivity contribution in [1.29, 1.82) is 0 Å². The highest BCUT2D eigenvalue weighted by Crippen LogP contribution is 2.21. The summed E-state index contributed by atoms with van der Waals surface area (Å²) < 4.78 is 0. The molecule has 6 nitrogen and oxygen atoms in total. The first-order valence-corrected chi connectivity index (χ1v) is 8.76. The van der Waals surface area contributed by atoms with Crippen LogP contribution in [0.2, 0.25) is 5.15 Å². The van der Waals surface area contributed by atoms with Crippen LogP contribution < -0.4 is 10.2 Å². The Labute approximate surface area is 143 Å². The number of hydrogen-bond acceptors (Lipinski definition) is 6. The van der Waals surface area contributed by atoms with Crippen molar-refractivity contribution in [3.05, 3.63) is 33.1 Å². The highest BCUT2D eigenvalue weighted by molar-refractivity contribution is 7.11. The molecule has 0 aromatic carbocycles. The molecule has 0 atom stereocenters. The number of thiazole rings is 1. The van der Waals surface area contributed by atoms with Gasteiger partial charge in [0.05, 0.1) is 11.2 Å². The monoisotopic (exact) mass is 351 g/mol. The minimum Gasteiger partial charge on any atom is -0.356 e. The Kier molecular flexibility index (Phi) is 4.77. The third kappa shape index (κ3) is 3.79. The van der Waals surface area contributed by atoms with E-state index in [1.54, 1.807) is 11.6 Å².